The maximum Gasteiger partial charge on any atom is 0.338 e. The van der Waals surface area contributed by atoms with Gasteiger partial charge in [0, 0.05) is 25.5 Å². The molecule has 1 N–H and O–H groups in total. The van der Waals surface area contributed by atoms with Gasteiger partial charge < -0.3 is 19.7 Å². The van der Waals surface area contributed by atoms with Gasteiger partial charge in [-0.1, -0.05) is 18.2 Å². The summed E-state index contributed by atoms with van der Waals surface area (Å²) in [5.41, 5.74) is 1.99. The molecule has 0 unspecified atom stereocenters. The van der Waals surface area contributed by atoms with E-state index in [1.165, 1.54) is 6.92 Å². The maximum atomic E-state index is 12.4. The van der Waals surface area contributed by atoms with Crippen LogP contribution in [0.15, 0.2) is 78.9 Å². The molecule has 0 fully saturated rings. The first-order valence-corrected chi connectivity index (χ1v) is 9.54. The number of ether oxygens (including phenoxy) is 2. The molecule has 0 aliphatic carbocycles. The molecule has 0 aliphatic rings. The third-order valence-electron chi connectivity index (χ3n) is 4.37. The summed E-state index contributed by atoms with van der Waals surface area (Å²) in [4.78, 5) is 26.7. The van der Waals surface area contributed by atoms with Gasteiger partial charge in [0.25, 0.3) is 5.91 Å². The predicted molar refractivity (Wildman–Crippen MR) is 117 cm³/mol. The van der Waals surface area contributed by atoms with Gasteiger partial charge in [0.05, 0.1) is 5.56 Å². The molecule has 0 aromatic heterocycles. The van der Waals surface area contributed by atoms with E-state index in [1.54, 1.807) is 36.4 Å². The number of nitrogens with one attached hydrogen (secondary N) is 1. The number of carbonyl (C=O) groups is 2. The summed E-state index contributed by atoms with van der Waals surface area (Å²) in [5, 5.41) is 2.75. The highest BCUT2D eigenvalue weighted by molar-refractivity contribution is 5.97. The minimum Gasteiger partial charge on any atom is -0.457 e. The highest BCUT2D eigenvalue weighted by atomic mass is 16.5. The molecular weight excluding hydrogens is 380 g/mol. The number of carbonyl (C=O) groups excluding carboxylic acids is 2. The van der Waals surface area contributed by atoms with Crippen LogP contribution in [0.4, 0.5) is 11.4 Å². The Bertz CT molecular complexity index is 984. The van der Waals surface area contributed by atoms with E-state index < -0.39 is 18.0 Å². The third kappa shape index (κ3) is 5.61. The molecule has 30 heavy (non-hydrogen) atoms. The molecule has 1 amide bonds. The Labute approximate surface area is 176 Å². The van der Waals surface area contributed by atoms with E-state index in [4.69, 9.17) is 9.47 Å². The van der Waals surface area contributed by atoms with Crippen molar-refractivity contribution in [2.45, 2.75) is 13.0 Å². The van der Waals surface area contributed by atoms with Gasteiger partial charge in [-0.15, -0.1) is 0 Å². The van der Waals surface area contributed by atoms with Crippen LogP contribution in [0.25, 0.3) is 0 Å². The zero-order valence-corrected chi connectivity index (χ0v) is 17.2. The molecule has 1 atom stereocenters. The average Bonchev–Trinajstić information content (AvgIpc) is 2.75. The molecule has 6 heteroatoms. The molecule has 154 valence electrons. The smallest absolute Gasteiger partial charge is 0.338 e. The lowest BCUT2D eigenvalue weighted by Crippen LogP contribution is -2.30. The van der Waals surface area contributed by atoms with Crippen molar-refractivity contribution in [1.29, 1.82) is 0 Å². The number of anilines is 2. The lowest BCUT2D eigenvalue weighted by Gasteiger charge is -2.15. The highest BCUT2D eigenvalue weighted by Gasteiger charge is 2.19. The Hall–Kier alpha value is -3.80. The number of benzene rings is 3. The fraction of sp³-hybridized carbons (Fsp3) is 0.167. The predicted octanol–water partition coefficient (Wildman–Crippen LogP) is 4.73. The second-order valence-electron chi connectivity index (χ2n) is 6.92. The summed E-state index contributed by atoms with van der Waals surface area (Å²) >= 11 is 0. The first-order valence-electron chi connectivity index (χ1n) is 9.54. The topological polar surface area (TPSA) is 67.9 Å². The van der Waals surface area contributed by atoms with Crippen LogP contribution in [0.3, 0.4) is 0 Å². The molecule has 3 rings (SSSR count). The van der Waals surface area contributed by atoms with Crippen LogP contribution in [-0.2, 0) is 9.53 Å². The lowest BCUT2D eigenvalue weighted by molar-refractivity contribution is -0.123. The summed E-state index contributed by atoms with van der Waals surface area (Å²) in [6.07, 6.45) is -0.939. The standard InChI is InChI=1S/C24H24N2O4/c1-17(23(27)25-19-11-13-20(14-12-19)26(2)3)29-24(28)18-9-15-22(16-10-18)30-21-7-5-4-6-8-21/h4-17H,1-3H3,(H,25,27)/t17-/m1/s1. The first kappa shape index (κ1) is 20.9. The van der Waals surface area contributed by atoms with Crippen LogP contribution >= 0.6 is 0 Å². The number of amides is 1. The van der Waals surface area contributed by atoms with Gasteiger partial charge in [0.1, 0.15) is 11.5 Å². The fourth-order valence-corrected chi connectivity index (χ4v) is 2.65. The van der Waals surface area contributed by atoms with Crippen molar-refractivity contribution in [2.24, 2.45) is 0 Å². The summed E-state index contributed by atoms with van der Waals surface area (Å²) in [7, 11) is 3.88. The van der Waals surface area contributed by atoms with Crippen LogP contribution < -0.4 is 15.0 Å². The molecule has 0 spiro atoms. The summed E-state index contributed by atoms with van der Waals surface area (Å²) in [6.45, 7) is 1.54. The van der Waals surface area contributed by atoms with E-state index in [9.17, 15) is 9.59 Å². The summed E-state index contributed by atoms with van der Waals surface area (Å²) in [5.74, 6) is 0.332. The maximum absolute atomic E-state index is 12.4. The monoisotopic (exact) mass is 404 g/mol. The Balaban J connectivity index is 1.54. The molecular formula is C24H24N2O4. The van der Waals surface area contributed by atoms with Crippen molar-refractivity contribution in [3.8, 4) is 11.5 Å². The van der Waals surface area contributed by atoms with E-state index in [-0.39, 0.29) is 0 Å². The Morgan fingerprint density at radius 2 is 1.43 bits per heavy atom. The minimum atomic E-state index is -0.939. The average molecular weight is 404 g/mol. The zero-order chi connectivity index (χ0) is 21.5. The molecule has 3 aromatic rings. The lowest BCUT2D eigenvalue weighted by atomic mass is 10.2. The second kappa shape index (κ2) is 9.60. The van der Waals surface area contributed by atoms with Crippen LogP contribution in [0.5, 0.6) is 11.5 Å². The van der Waals surface area contributed by atoms with Gasteiger partial charge >= 0.3 is 5.97 Å². The molecule has 0 saturated carbocycles. The van der Waals surface area contributed by atoms with Crippen molar-refractivity contribution in [1.82, 2.24) is 0 Å². The van der Waals surface area contributed by atoms with Gasteiger partial charge in [-0.3, -0.25) is 4.79 Å². The minimum absolute atomic E-state index is 0.338. The number of hydrogen-bond donors (Lipinski definition) is 1. The largest absolute Gasteiger partial charge is 0.457 e. The van der Waals surface area contributed by atoms with E-state index in [0.717, 1.165) is 5.69 Å². The number of para-hydroxylation sites is 1. The van der Waals surface area contributed by atoms with Crippen LogP contribution in [0, 0.1) is 0 Å². The Morgan fingerprint density at radius 1 is 0.833 bits per heavy atom. The zero-order valence-electron chi connectivity index (χ0n) is 17.2. The molecule has 0 aliphatic heterocycles. The number of nitrogens with zero attached hydrogens (tertiary/aromatic N) is 1. The van der Waals surface area contributed by atoms with E-state index >= 15 is 0 Å². The van der Waals surface area contributed by atoms with Gasteiger partial charge in [-0.2, -0.15) is 0 Å². The normalized spacial score (nSPS) is 11.3. The van der Waals surface area contributed by atoms with E-state index in [0.29, 0.717) is 22.7 Å². The van der Waals surface area contributed by atoms with Crippen molar-refractivity contribution in [2.75, 3.05) is 24.3 Å². The molecule has 0 bridgehead atoms. The van der Waals surface area contributed by atoms with Gasteiger partial charge in [-0.25, -0.2) is 4.79 Å². The van der Waals surface area contributed by atoms with Crippen LogP contribution in [0.2, 0.25) is 0 Å². The third-order valence-corrected chi connectivity index (χ3v) is 4.37. The fourth-order valence-electron chi connectivity index (χ4n) is 2.65. The molecule has 0 saturated heterocycles. The summed E-state index contributed by atoms with van der Waals surface area (Å²) in [6, 6.07) is 23.3. The van der Waals surface area contributed by atoms with Gasteiger partial charge in [0.2, 0.25) is 0 Å². The first-order chi connectivity index (χ1) is 14.4. The van der Waals surface area contributed by atoms with Crippen LogP contribution in [-0.4, -0.2) is 32.1 Å². The van der Waals surface area contributed by atoms with Gasteiger partial charge in [-0.05, 0) is 67.6 Å². The molecule has 6 nitrogen and oxygen atoms in total. The van der Waals surface area contributed by atoms with Crippen molar-refractivity contribution in [3.05, 3.63) is 84.4 Å². The number of rotatable bonds is 7. The Morgan fingerprint density at radius 3 is 2.03 bits per heavy atom. The van der Waals surface area contributed by atoms with Crippen molar-refractivity contribution in [3.63, 3.8) is 0 Å². The van der Waals surface area contributed by atoms with E-state index in [2.05, 4.69) is 5.32 Å². The molecule has 0 radical (unpaired) electrons. The highest BCUT2D eigenvalue weighted by Crippen LogP contribution is 2.21. The van der Waals surface area contributed by atoms with Crippen molar-refractivity contribution >= 4 is 23.3 Å². The molecule has 0 heterocycles. The van der Waals surface area contributed by atoms with Crippen molar-refractivity contribution < 1.29 is 19.1 Å². The second-order valence-corrected chi connectivity index (χ2v) is 6.92. The summed E-state index contributed by atoms with van der Waals surface area (Å²) < 4.78 is 11.0. The van der Waals surface area contributed by atoms with Crippen LogP contribution in [0.1, 0.15) is 17.3 Å². The van der Waals surface area contributed by atoms with Gasteiger partial charge in [0.15, 0.2) is 6.10 Å². The number of hydrogen-bond acceptors (Lipinski definition) is 5. The quantitative estimate of drug-likeness (QED) is 0.577. The SMILES string of the molecule is C[C@@H](OC(=O)c1ccc(Oc2ccccc2)cc1)C(=O)Nc1ccc(N(C)C)cc1. The van der Waals surface area contributed by atoms with E-state index in [1.807, 2.05) is 61.5 Å². The number of esters is 1. The molecule has 3 aromatic carbocycles. The Kier molecular flexibility index (Phi) is 6.70.